The summed E-state index contributed by atoms with van der Waals surface area (Å²) in [5.74, 6) is 0.515. The standard InChI is InChI=1S/C23H28N2O2Si/c1-19(27-22-17-24-15-16-25-22)18-26-28(23(2,3)4,20-11-7-5-8-12-20)21-13-9-6-10-14-21/h5-17,19H,18H2,1-4H3/t19-/m0/s1. The van der Waals surface area contributed by atoms with Crippen LogP contribution in [-0.2, 0) is 4.43 Å². The molecule has 0 amide bonds. The summed E-state index contributed by atoms with van der Waals surface area (Å²) < 4.78 is 12.8. The molecule has 1 heterocycles. The van der Waals surface area contributed by atoms with Crippen LogP contribution in [0.1, 0.15) is 27.7 Å². The molecule has 1 aromatic heterocycles. The van der Waals surface area contributed by atoms with Crippen LogP contribution < -0.4 is 15.1 Å². The Bertz CT molecular complexity index is 813. The van der Waals surface area contributed by atoms with Crippen molar-refractivity contribution in [3.63, 3.8) is 0 Å². The quantitative estimate of drug-likeness (QED) is 0.574. The van der Waals surface area contributed by atoms with E-state index in [1.54, 1.807) is 18.6 Å². The summed E-state index contributed by atoms with van der Waals surface area (Å²) in [4.78, 5) is 8.26. The SMILES string of the molecule is C[C@@H](CO[Si](c1ccccc1)(c1ccccc1)C(C)(C)C)Oc1cnccn1. The fourth-order valence-corrected chi connectivity index (χ4v) is 8.23. The lowest BCUT2D eigenvalue weighted by molar-refractivity contribution is 0.132. The Balaban J connectivity index is 1.94. The smallest absolute Gasteiger partial charge is 0.261 e. The second kappa shape index (κ2) is 8.67. The molecule has 28 heavy (non-hydrogen) atoms. The highest BCUT2D eigenvalue weighted by atomic mass is 28.4. The first-order chi connectivity index (χ1) is 13.4. The van der Waals surface area contributed by atoms with Crippen LogP contribution in [0.15, 0.2) is 79.3 Å². The zero-order chi connectivity index (χ0) is 20.0. The van der Waals surface area contributed by atoms with Crippen LogP contribution in [0.2, 0.25) is 5.04 Å². The zero-order valence-corrected chi connectivity index (χ0v) is 18.0. The van der Waals surface area contributed by atoms with Gasteiger partial charge in [-0.3, -0.25) is 4.98 Å². The van der Waals surface area contributed by atoms with E-state index in [0.29, 0.717) is 12.5 Å². The molecular weight excluding hydrogens is 364 g/mol. The summed E-state index contributed by atoms with van der Waals surface area (Å²) >= 11 is 0. The van der Waals surface area contributed by atoms with E-state index < -0.39 is 8.32 Å². The first kappa shape index (κ1) is 20.2. The van der Waals surface area contributed by atoms with Crippen molar-refractivity contribution in [3.8, 4) is 5.88 Å². The van der Waals surface area contributed by atoms with E-state index in [0.717, 1.165) is 0 Å². The van der Waals surface area contributed by atoms with Crippen molar-refractivity contribution in [1.82, 2.24) is 9.97 Å². The minimum atomic E-state index is -2.55. The lowest BCUT2D eigenvalue weighted by Crippen LogP contribution is -2.67. The monoisotopic (exact) mass is 392 g/mol. The molecule has 0 saturated carbocycles. The van der Waals surface area contributed by atoms with Crippen LogP contribution >= 0.6 is 0 Å². The van der Waals surface area contributed by atoms with E-state index in [1.165, 1.54) is 10.4 Å². The van der Waals surface area contributed by atoms with Gasteiger partial charge in [0.25, 0.3) is 8.32 Å². The Hall–Kier alpha value is -2.50. The third-order valence-corrected chi connectivity index (χ3v) is 9.82. The number of ether oxygens (including phenoxy) is 1. The molecule has 5 heteroatoms. The highest BCUT2D eigenvalue weighted by Crippen LogP contribution is 2.36. The Labute approximate surface area is 168 Å². The number of hydrogen-bond acceptors (Lipinski definition) is 4. The van der Waals surface area contributed by atoms with Crippen molar-refractivity contribution in [2.75, 3.05) is 6.61 Å². The van der Waals surface area contributed by atoms with Crippen LogP contribution in [0.5, 0.6) is 5.88 Å². The van der Waals surface area contributed by atoms with Crippen molar-refractivity contribution in [3.05, 3.63) is 79.3 Å². The molecular formula is C23H28N2O2Si. The third kappa shape index (κ3) is 4.32. The molecule has 0 aliphatic rings. The maximum atomic E-state index is 6.87. The second-order valence-electron chi connectivity index (χ2n) is 7.95. The first-order valence-corrected chi connectivity index (χ1v) is 11.5. The van der Waals surface area contributed by atoms with E-state index >= 15 is 0 Å². The molecule has 1 atom stereocenters. The Morgan fingerprint density at radius 2 is 1.46 bits per heavy atom. The van der Waals surface area contributed by atoms with Crippen LogP contribution in [0.3, 0.4) is 0 Å². The van der Waals surface area contributed by atoms with Gasteiger partial charge in [0.15, 0.2) is 0 Å². The van der Waals surface area contributed by atoms with E-state index in [2.05, 4.69) is 91.4 Å². The molecule has 3 rings (SSSR count). The number of rotatable bonds is 7. The van der Waals surface area contributed by atoms with Gasteiger partial charge < -0.3 is 9.16 Å². The molecule has 146 valence electrons. The van der Waals surface area contributed by atoms with Gasteiger partial charge in [-0.05, 0) is 22.3 Å². The lowest BCUT2D eigenvalue weighted by atomic mass is 10.2. The molecule has 0 bridgehead atoms. The second-order valence-corrected chi connectivity index (χ2v) is 12.3. The Kier molecular flexibility index (Phi) is 6.27. The summed E-state index contributed by atoms with van der Waals surface area (Å²) in [7, 11) is -2.55. The summed E-state index contributed by atoms with van der Waals surface area (Å²) in [5, 5.41) is 2.47. The van der Waals surface area contributed by atoms with Crippen molar-refractivity contribution in [2.45, 2.75) is 38.8 Å². The Morgan fingerprint density at radius 1 is 0.893 bits per heavy atom. The van der Waals surface area contributed by atoms with Crippen molar-refractivity contribution < 1.29 is 9.16 Å². The summed E-state index contributed by atoms with van der Waals surface area (Å²) in [6.07, 6.45) is 4.75. The molecule has 0 aliphatic carbocycles. The fraction of sp³-hybridized carbons (Fsp3) is 0.304. The van der Waals surface area contributed by atoms with Gasteiger partial charge >= 0.3 is 0 Å². The molecule has 4 nitrogen and oxygen atoms in total. The van der Waals surface area contributed by atoms with Crippen LogP contribution in [0.4, 0.5) is 0 Å². The van der Waals surface area contributed by atoms with Gasteiger partial charge in [0, 0.05) is 12.4 Å². The normalized spacial score (nSPS) is 13.1. The van der Waals surface area contributed by atoms with Gasteiger partial charge in [-0.1, -0.05) is 81.4 Å². The molecule has 0 unspecified atom stereocenters. The van der Waals surface area contributed by atoms with Gasteiger partial charge in [-0.15, -0.1) is 0 Å². The van der Waals surface area contributed by atoms with E-state index in [9.17, 15) is 0 Å². The topological polar surface area (TPSA) is 44.2 Å². The molecule has 0 radical (unpaired) electrons. The minimum absolute atomic E-state index is 0.0536. The molecule has 0 fully saturated rings. The molecule has 2 aromatic carbocycles. The van der Waals surface area contributed by atoms with Crippen molar-refractivity contribution in [1.29, 1.82) is 0 Å². The fourth-order valence-electron chi connectivity index (χ4n) is 3.59. The Morgan fingerprint density at radius 3 is 1.93 bits per heavy atom. The predicted molar refractivity (Wildman–Crippen MR) is 116 cm³/mol. The highest BCUT2D eigenvalue weighted by molar-refractivity contribution is 6.99. The molecule has 3 aromatic rings. The van der Waals surface area contributed by atoms with E-state index in [-0.39, 0.29) is 11.1 Å². The average molecular weight is 393 g/mol. The highest BCUT2D eigenvalue weighted by Gasteiger charge is 2.50. The van der Waals surface area contributed by atoms with Crippen molar-refractivity contribution in [2.24, 2.45) is 0 Å². The first-order valence-electron chi connectivity index (χ1n) is 9.61. The number of aromatic nitrogens is 2. The molecule has 0 saturated heterocycles. The largest absolute Gasteiger partial charge is 0.471 e. The third-order valence-electron chi connectivity index (χ3n) is 4.81. The van der Waals surface area contributed by atoms with Gasteiger partial charge in [0.2, 0.25) is 5.88 Å². The van der Waals surface area contributed by atoms with Crippen molar-refractivity contribution >= 4 is 18.7 Å². The van der Waals surface area contributed by atoms with Gasteiger partial charge in [0.05, 0.1) is 12.8 Å². The zero-order valence-electron chi connectivity index (χ0n) is 17.0. The summed E-state index contributed by atoms with van der Waals surface area (Å²) in [6, 6.07) is 21.2. The van der Waals surface area contributed by atoms with Gasteiger partial charge in [0.1, 0.15) is 6.10 Å². The molecule has 0 aliphatic heterocycles. The number of hydrogen-bond donors (Lipinski definition) is 0. The lowest BCUT2D eigenvalue weighted by Gasteiger charge is -2.43. The average Bonchev–Trinajstić information content (AvgIpc) is 2.70. The van der Waals surface area contributed by atoms with E-state index in [4.69, 9.17) is 9.16 Å². The maximum Gasteiger partial charge on any atom is 0.261 e. The predicted octanol–water partition coefficient (Wildman–Crippen LogP) is 3.82. The summed E-state index contributed by atoms with van der Waals surface area (Å²) in [5.41, 5.74) is 0. The van der Waals surface area contributed by atoms with Gasteiger partial charge in [-0.25, -0.2) is 4.98 Å². The number of nitrogens with zero attached hydrogens (tertiary/aromatic N) is 2. The van der Waals surface area contributed by atoms with Crippen LogP contribution in [-0.4, -0.2) is 31.0 Å². The summed E-state index contributed by atoms with van der Waals surface area (Å²) in [6.45, 7) is 9.30. The molecule has 0 N–H and O–H groups in total. The minimum Gasteiger partial charge on any atom is -0.471 e. The maximum absolute atomic E-state index is 6.87. The van der Waals surface area contributed by atoms with E-state index in [1.807, 2.05) is 6.92 Å². The van der Waals surface area contributed by atoms with Gasteiger partial charge in [-0.2, -0.15) is 0 Å². The van der Waals surface area contributed by atoms with Crippen LogP contribution in [0.25, 0.3) is 0 Å². The molecule has 0 spiro atoms. The van der Waals surface area contributed by atoms with Crippen LogP contribution in [0, 0.1) is 0 Å². The number of benzene rings is 2.